The Balaban J connectivity index is 1.44. The van der Waals surface area contributed by atoms with E-state index in [1.807, 2.05) is 24.3 Å². The molecule has 1 aromatic carbocycles. The number of pyridine rings is 1. The van der Waals surface area contributed by atoms with Crippen LogP contribution in [-0.4, -0.2) is 19.2 Å². The van der Waals surface area contributed by atoms with E-state index in [-0.39, 0.29) is 11.2 Å². The number of rotatable bonds is 3. The number of benzene rings is 1. The predicted octanol–water partition coefficient (Wildman–Crippen LogP) is 3.78. The molecule has 2 fully saturated rings. The van der Waals surface area contributed by atoms with Crippen LogP contribution < -0.4 is 9.32 Å². The number of carbonyl (C=O) groups excluding carboxylic acids is 1. The van der Waals surface area contributed by atoms with Gasteiger partial charge in [0, 0.05) is 17.8 Å². The summed E-state index contributed by atoms with van der Waals surface area (Å²) in [7, 11) is -4.03. The highest BCUT2D eigenvalue weighted by Crippen LogP contribution is 2.60. The van der Waals surface area contributed by atoms with E-state index in [1.54, 1.807) is 24.5 Å². The molecule has 4 atom stereocenters. The van der Waals surface area contributed by atoms with Crippen LogP contribution in [0.4, 0.5) is 0 Å². The summed E-state index contributed by atoms with van der Waals surface area (Å²) >= 11 is 0. The number of aryl methyl sites for hydroxylation is 1. The van der Waals surface area contributed by atoms with Crippen molar-refractivity contribution in [3.63, 3.8) is 0 Å². The Kier molecular flexibility index (Phi) is 4.79. The summed E-state index contributed by atoms with van der Waals surface area (Å²) in [6, 6.07) is 9.35. The maximum absolute atomic E-state index is 13.4. The van der Waals surface area contributed by atoms with Crippen molar-refractivity contribution in [1.29, 1.82) is 0 Å². The van der Waals surface area contributed by atoms with Crippen LogP contribution in [0.25, 0.3) is 6.08 Å². The van der Waals surface area contributed by atoms with Gasteiger partial charge in [0.15, 0.2) is 5.78 Å². The van der Waals surface area contributed by atoms with Crippen LogP contribution >= 0.6 is 0 Å². The van der Waals surface area contributed by atoms with Crippen LogP contribution in [0.5, 0.6) is 5.75 Å². The first kappa shape index (κ1) is 20.4. The van der Waals surface area contributed by atoms with Crippen molar-refractivity contribution >= 4 is 22.2 Å². The third kappa shape index (κ3) is 3.59. The highest BCUT2D eigenvalue weighted by atomic mass is 32.2. The Morgan fingerprint density at radius 1 is 1.26 bits per heavy atom. The van der Waals surface area contributed by atoms with Gasteiger partial charge < -0.3 is 4.18 Å². The number of hydrogen-bond acceptors (Lipinski definition) is 5. The van der Waals surface area contributed by atoms with Crippen LogP contribution in [0.15, 0.2) is 48.3 Å². The second-order valence-corrected chi connectivity index (χ2v) is 10.4. The SMILES string of the molecule is CC12CCC3c4ccc(OS(N)(=O)=O)cc4CCC3C1C/C(=C\c1cccnc1)C2=O. The molecule has 0 radical (unpaired) electrons. The fourth-order valence-corrected chi connectivity index (χ4v) is 6.58. The van der Waals surface area contributed by atoms with Crippen LogP contribution in [0.1, 0.15) is 55.2 Å². The van der Waals surface area contributed by atoms with E-state index in [1.165, 1.54) is 5.56 Å². The van der Waals surface area contributed by atoms with Gasteiger partial charge in [0.1, 0.15) is 5.75 Å². The van der Waals surface area contributed by atoms with Crippen LogP contribution in [0.2, 0.25) is 0 Å². The molecule has 0 saturated heterocycles. The summed E-state index contributed by atoms with van der Waals surface area (Å²) in [5.41, 5.74) is 3.98. The summed E-state index contributed by atoms with van der Waals surface area (Å²) in [5.74, 6) is 1.71. The molecule has 4 unspecified atom stereocenters. The number of Topliss-reactive ketones (excluding diaryl/α,β-unsaturated/α-hetero) is 1. The van der Waals surface area contributed by atoms with Gasteiger partial charge in [-0.2, -0.15) is 13.6 Å². The molecular formula is C24H26N2O4S. The van der Waals surface area contributed by atoms with Gasteiger partial charge >= 0.3 is 10.3 Å². The molecule has 0 bridgehead atoms. The summed E-state index contributed by atoms with van der Waals surface area (Å²) in [6.45, 7) is 2.15. The summed E-state index contributed by atoms with van der Waals surface area (Å²) in [4.78, 5) is 17.6. The first-order chi connectivity index (χ1) is 14.7. The van der Waals surface area contributed by atoms with Crippen molar-refractivity contribution < 1.29 is 17.4 Å². The molecule has 0 spiro atoms. The van der Waals surface area contributed by atoms with Gasteiger partial charge in [-0.25, -0.2) is 0 Å². The highest BCUT2D eigenvalue weighted by molar-refractivity contribution is 7.84. The number of carbonyl (C=O) groups is 1. The molecule has 5 rings (SSSR count). The normalized spacial score (nSPS) is 31.1. The molecule has 0 aliphatic heterocycles. The molecular weight excluding hydrogens is 412 g/mol. The Bertz CT molecular complexity index is 1180. The zero-order valence-corrected chi connectivity index (χ0v) is 18.3. The van der Waals surface area contributed by atoms with Crippen LogP contribution in [0.3, 0.4) is 0 Å². The zero-order chi connectivity index (χ0) is 21.8. The van der Waals surface area contributed by atoms with Crippen molar-refractivity contribution in [2.75, 3.05) is 0 Å². The van der Waals surface area contributed by atoms with Gasteiger partial charge in [-0.15, -0.1) is 0 Å². The second kappa shape index (κ2) is 7.28. The lowest BCUT2D eigenvalue weighted by molar-refractivity contribution is -0.127. The number of allylic oxidation sites excluding steroid dienone is 1. The molecule has 1 aromatic heterocycles. The molecule has 1 heterocycles. The summed E-state index contributed by atoms with van der Waals surface area (Å²) in [6.07, 6.45) is 10.0. The summed E-state index contributed by atoms with van der Waals surface area (Å²) in [5, 5.41) is 5.01. The van der Waals surface area contributed by atoms with E-state index in [4.69, 9.17) is 9.32 Å². The zero-order valence-electron chi connectivity index (χ0n) is 17.5. The third-order valence-corrected chi connectivity index (χ3v) is 8.00. The van der Waals surface area contributed by atoms with Gasteiger partial charge in [-0.05, 0) is 96.4 Å². The topological polar surface area (TPSA) is 99.3 Å². The standard InChI is InChI=1S/C24H26N2O4S/c1-24-9-8-20-19-7-5-18(30-31(25,28)29)12-16(19)4-6-21(20)22(24)13-17(23(24)27)11-15-3-2-10-26-14-15/h2-3,5,7,10-12,14,20-22H,4,6,8-9,13H2,1H3,(H2,25,28,29)/b17-11+. The van der Waals surface area contributed by atoms with Crippen molar-refractivity contribution in [3.05, 3.63) is 65.0 Å². The molecule has 2 N–H and O–H groups in total. The van der Waals surface area contributed by atoms with E-state index >= 15 is 0 Å². The Morgan fingerprint density at radius 2 is 2.10 bits per heavy atom. The molecule has 162 valence electrons. The van der Waals surface area contributed by atoms with Gasteiger partial charge in [-0.3, -0.25) is 9.78 Å². The largest absolute Gasteiger partial charge is 0.380 e. The first-order valence-corrected chi connectivity index (χ1v) is 12.2. The molecule has 3 aliphatic carbocycles. The van der Waals surface area contributed by atoms with E-state index in [0.29, 0.717) is 23.5 Å². The lowest BCUT2D eigenvalue weighted by Crippen LogP contribution is -2.42. The average Bonchev–Trinajstić information content (AvgIpc) is 2.98. The molecule has 2 aromatic rings. The minimum Gasteiger partial charge on any atom is -0.371 e. The summed E-state index contributed by atoms with van der Waals surface area (Å²) < 4.78 is 27.4. The predicted molar refractivity (Wildman–Crippen MR) is 117 cm³/mol. The van der Waals surface area contributed by atoms with Gasteiger partial charge in [0.2, 0.25) is 0 Å². The van der Waals surface area contributed by atoms with Crippen molar-refractivity contribution in [2.24, 2.45) is 22.4 Å². The number of nitrogens with two attached hydrogens (primary N) is 1. The molecule has 6 nitrogen and oxygen atoms in total. The number of ketones is 1. The van der Waals surface area contributed by atoms with E-state index in [9.17, 15) is 13.2 Å². The first-order valence-electron chi connectivity index (χ1n) is 10.7. The van der Waals surface area contributed by atoms with Crippen molar-refractivity contribution in [3.8, 4) is 5.75 Å². The van der Waals surface area contributed by atoms with Crippen molar-refractivity contribution in [2.45, 2.75) is 44.9 Å². The molecule has 2 saturated carbocycles. The van der Waals surface area contributed by atoms with E-state index in [0.717, 1.165) is 48.8 Å². The van der Waals surface area contributed by atoms with E-state index < -0.39 is 10.3 Å². The number of aromatic nitrogens is 1. The Hall–Kier alpha value is -2.51. The van der Waals surface area contributed by atoms with Gasteiger partial charge in [0.05, 0.1) is 0 Å². The molecule has 7 heteroatoms. The molecule has 3 aliphatic rings. The Morgan fingerprint density at radius 3 is 2.84 bits per heavy atom. The molecule has 31 heavy (non-hydrogen) atoms. The monoisotopic (exact) mass is 438 g/mol. The van der Waals surface area contributed by atoms with Gasteiger partial charge in [0.25, 0.3) is 0 Å². The van der Waals surface area contributed by atoms with Crippen molar-refractivity contribution in [1.82, 2.24) is 4.98 Å². The second-order valence-electron chi connectivity index (χ2n) is 9.30. The Labute approximate surface area is 182 Å². The third-order valence-electron chi connectivity index (χ3n) is 7.58. The van der Waals surface area contributed by atoms with Crippen LogP contribution in [0, 0.1) is 17.3 Å². The van der Waals surface area contributed by atoms with E-state index in [2.05, 4.69) is 11.9 Å². The number of hydrogen-bond donors (Lipinski definition) is 1. The van der Waals surface area contributed by atoms with Crippen LogP contribution in [-0.2, 0) is 21.5 Å². The maximum Gasteiger partial charge on any atom is 0.380 e. The maximum atomic E-state index is 13.4. The molecule has 0 amide bonds. The fourth-order valence-electron chi connectivity index (χ4n) is 6.21. The lowest BCUT2D eigenvalue weighted by Gasteiger charge is -2.48. The lowest BCUT2D eigenvalue weighted by atomic mass is 9.55. The highest BCUT2D eigenvalue weighted by Gasteiger charge is 2.56. The number of nitrogens with zero attached hydrogens (tertiary/aromatic N) is 1. The van der Waals surface area contributed by atoms with Gasteiger partial charge in [-0.1, -0.05) is 19.1 Å². The minimum absolute atomic E-state index is 0.262. The smallest absolute Gasteiger partial charge is 0.371 e. The fraction of sp³-hybridized carbons (Fsp3) is 0.417. The average molecular weight is 439 g/mol. The quantitative estimate of drug-likeness (QED) is 0.735. The minimum atomic E-state index is -4.03. The number of fused-ring (bicyclic) bond motifs is 5.